The Morgan fingerprint density at radius 3 is 2.71 bits per heavy atom. The Hall–Kier alpha value is -4.05. The summed E-state index contributed by atoms with van der Waals surface area (Å²) in [5.41, 5.74) is 0.864. The van der Waals surface area contributed by atoms with Crippen LogP contribution >= 0.6 is 0 Å². The van der Waals surface area contributed by atoms with Gasteiger partial charge < -0.3 is 14.9 Å². The van der Waals surface area contributed by atoms with Crippen molar-refractivity contribution in [3.8, 4) is 11.3 Å². The van der Waals surface area contributed by atoms with E-state index in [0.29, 0.717) is 30.6 Å². The van der Waals surface area contributed by atoms with Gasteiger partial charge in [0.05, 0.1) is 28.5 Å². The van der Waals surface area contributed by atoms with Crippen molar-refractivity contribution >= 4 is 29.3 Å². The second-order valence-corrected chi connectivity index (χ2v) is 8.76. The van der Waals surface area contributed by atoms with Gasteiger partial charge in [0.1, 0.15) is 29.7 Å². The van der Waals surface area contributed by atoms with Crippen molar-refractivity contribution in [3.05, 3.63) is 66.4 Å². The highest BCUT2D eigenvalue weighted by Crippen LogP contribution is 2.38. The zero-order chi connectivity index (χ0) is 23.8. The highest BCUT2D eigenvalue weighted by Gasteiger charge is 2.52. The van der Waals surface area contributed by atoms with Gasteiger partial charge in [-0.2, -0.15) is 5.10 Å². The molecule has 1 fully saturated rings. The Bertz CT molecular complexity index is 1340. The van der Waals surface area contributed by atoms with Gasteiger partial charge in [-0.3, -0.25) is 15.0 Å². The first-order chi connectivity index (χ1) is 16.5. The van der Waals surface area contributed by atoms with Crippen molar-refractivity contribution in [2.75, 3.05) is 25.0 Å². The minimum Gasteiger partial charge on any atom is -0.368 e. The molecule has 34 heavy (non-hydrogen) atoms. The van der Waals surface area contributed by atoms with E-state index < -0.39 is 16.8 Å². The average Bonchev–Trinajstić information content (AvgIpc) is 3.32. The highest BCUT2D eigenvalue weighted by atomic mass is 19.1. The zero-order valence-corrected chi connectivity index (χ0v) is 18.4. The van der Waals surface area contributed by atoms with Crippen molar-refractivity contribution in [2.24, 2.45) is 0 Å². The molecule has 172 valence electrons. The molecule has 1 aromatic carbocycles. The molecule has 4 heterocycles. The molecule has 3 aromatic heterocycles. The molecule has 9 nitrogen and oxygen atoms in total. The van der Waals surface area contributed by atoms with Crippen LogP contribution in [0, 0.1) is 5.82 Å². The lowest BCUT2D eigenvalue weighted by Gasteiger charge is -2.54. The first kappa shape index (κ1) is 21.8. The van der Waals surface area contributed by atoms with Gasteiger partial charge in [0.25, 0.3) is 0 Å². The van der Waals surface area contributed by atoms with E-state index in [4.69, 9.17) is 0 Å². The maximum atomic E-state index is 14.7. The fourth-order valence-corrected chi connectivity index (χ4v) is 4.27. The first-order valence-electron chi connectivity index (χ1n) is 10.8. The number of rotatable bonds is 8. The molecule has 0 atom stereocenters. The van der Waals surface area contributed by atoms with Crippen LogP contribution in [0.25, 0.3) is 22.2 Å². The van der Waals surface area contributed by atoms with Gasteiger partial charge in [0, 0.05) is 36.8 Å². The number of carbonyl (C=O) groups excluding carboxylic acids is 2. The van der Waals surface area contributed by atoms with Gasteiger partial charge in [-0.15, -0.1) is 10.2 Å². The standard InChI is InChI=1S/C24H22FN7O2/c1-23(14-33,15-34)32-12-24(13-32,22-18(25)3-2-8-26-22)11-27-21-7-6-19(30-31-21)16-4-5-20-17(9-16)10-28-29-20/h2-10,14-15H,11-13H2,1H3,(H,27,31)(H,28,29). The molecule has 0 bridgehead atoms. The van der Waals surface area contributed by atoms with Crippen LogP contribution in [0.5, 0.6) is 0 Å². The SMILES string of the molecule is CC(C=O)(C=O)N1CC(CNc2ccc(-c3ccc4[nH]ncc4c3)nn2)(c2ncccc2F)C1. The number of nitrogens with zero attached hydrogens (tertiary/aromatic N) is 5. The largest absolute Gasteiger partial charge is 0.368 e. The Morgan fingerprint density at radius 1 is 1.18 bits per heavy atom. The summed E-state index contributed by atoms with van der Waals surface area (Å²) in [4.78, 5) is 29.0. The lowest BCUT2D eigenvalue weighted by Crippen LogP contribution is -2.70. The number of pyridine rings is 1. The molecule has 0 radical (unpaired) electrons. The maximum Gasteiger partial charge on any atom is 0.148 e. The molecule has 0 saturated carbocycles. The number of H-pyrrole nitrogens is 1. The van der Waals surface area contributed by atoms with Crippen LogP contribution < -0.4 is 5.32 Å². The molecule has 1 aliphatic rings. The summed E-state index contributed by atoms with van der Waals surface area (Å²) in [6, 6.07) is 12.4. The lowest BCUT2D eigenvalue weighted by atomic mass is 9.73. The summed E-state index contributed by atoms with van der Waals surface area (Å²) in [6.07, 6.45) is 4.50. The number of anilines is 1. The Labute approximate surface area is 194 Å². The minimum absolute atomic E-state index is 0.288. The molecule has 0 aliphatic carbocycles. The lowest BCUT2D eigenvalue weighted by molar-refractivity contribution is -0.134. The third kappa shape index (κ3) is 3.71. The van der Waals surface area contributed by atoms with Crippen molar-refractivity contribution in [3.63, 3.8) is 0 Å². The van der Waals surface area contributed by atoms with Gasteiger partial charge in [-0.05, 0) is 43.3 Å². The van der Waals surface area contributed by atoms with Crippen LogP contribution in [-0.4, -0.2) is 68.0 Å². The van der Waals surface area contributed by atoms with Gasteiger partial charge in [0.2, 0.25) is 0 Å². The van der Waals surface area contributed by atoms with Gasteiger partial charge in [-0.1, -0.05) is 6.07 Å². The number of aromatic nitrogens is 5. The first-order valence-corrected chi connectivity index (χ1v) is 10.8. The number of halogens is 1. The molecule has 0 unspecified atom stereocenters. The fourth-order valence-electron chi connectivity index (χ4n) is 4.27. The van der Waals surface area contributed by atoms with E-state index in [2.05, 4.69) is 30.7 Å². The van der Waals surface area contributed by atoms with Gasteiger partial charge in [0.15, 0.2) is 0 Å². The Balaban J connectivity index is 1.35. The van der Waals surface area contributed by atoms with Crippen LogP contribution in [0.4, 0.5) is 10.2 Å². The highest BCUT2D eigenvalue weighted by molar-refractivity contribution is 5.88. The molecule has 2 N–H and O–H groups in total. The summed E-state index contributed by atoms with van der Waals surface area (Å²) in [5.74, 6) is 0.0924. The van der Waals surface area contributed by atoms with E-state index >= 15 is 0 Å². The van der Waals surface area contributed by atoms with Crippen molar-refractivity contribution in [2.45, 2.75) is 17.9 Å². The van der Waals surface area contributed by atoms with Crippen LogP contribution in [0.1, 0.15) is 12.6 Å². The number of carbonyl (C=O) groups is 2. The quantitative estimate of drug-likeness (QED) is 0.305. The molecule has 0 amide bonds. The predicted octanol–water partition coefficient (Wildman–Crippen LogP) is 2.38. The number of hydrogen-bond donors (Lipinski definition) is 2. The number of aromatic amines is 1. The number of fused-ring (bicyclic) bond motifs is 1. The normalized spacial score (nSPS) is 15.6. The number of benzene rings is 1. The van der Waals surface area contributed by atoms with Crippen molar-refractivity contribution in [1.29, 1.82) is 0 Å². The third-order valence-corrected chi connectivity index (χ3v) is 6.41. The third-order valence-electron chi connectivity index (χ3n) is 6.41. The number of aldehydes is 2. The molecule has 0 spiro atoms. The van der Waals surface area contributed by atoms with Crippen LogP contribution in [0.15, 0.2) is 54.9 Å². The van der Waals surface area contributed by atoms with E-state index in [1.165, 1.54) is 18.3 Å². The molecule has 1 saturated heterocycles. The number of nitrogens with one attached hydrogen (secondary N) is 2. The molecular weight excluding hydrogens is 437 g/mol. The topological polar surface area (TPSA) is 117 Å². The van der Waals surface area contributed by atoms with E-state index in [1.807, 2.05) is 30.3 Å². The average molecular weight is 459 g/mol. The molecule has 10 heteroatoms. The summed E-state index contributed by atoms with van der Waals surface area (Å²) in [7, 11) is 0. The van der Waals surface area contributed by atoms with Crippen molar-refractivity contribution in [1.82, 2.24) is 30.3 Å². The zero-order valence-electron chi connectivity index (χ0n) is 18.4. The van der Waals surface area contributed by atoms with Crippen LogP contribution in [-0.2, 0) is 15.0 Å². The molecule has 4 aromatic rings. The smallest absolute Gasteiger partial charge is 0.148 e. The van der Waals surface area contributed by atoms with Crippen LogP contribution in [0.3, 0.4) is 0 Å². The fraction of sp³-hybridized carbons (Fsp3) is 0.250. The number of hydrogen-bond acceptors (Lipinski definition) is 8. The maximum absolute atomic E-state index is 14.7. The van der Waals surface area contributed by atoms with Gasteiger partial charge in [-0.25, -0.2) is 4.39 Å². The number of likely N-dealkylation sites (tertiary alicyclic amines) is 1. The Morgan fingerprint density at radius 2 is 2.00 bits per heavy atom. The molecule has 5 rings (SSSR count). The second kappa shape index (κ2) is 8.38. The summed E-state index contributed by atoms with van der Waals surface area (Å²) in [5, 5.41) is 19.7. The van der Waals surface area contributed by atoms with E-state index in [0.717, 1.165) is 16.5 Å². The Kier molecular flexibility index (Phi) is 5.37. The predicted molar refractivity (Wildman–Crippen MR) is 124 cm³/mol. The summed E-state index contributed by atoms with van der Waals surface area (Å²) < 4.78 is 14.7. The van der Waals surface area contributed by atoms with Crippen molar-refractivity contribution < 1.29 is 14.0 Å². The van der Waals surface area contributed by atoms with E-state index in [1.54, 1.807) is 18.0 Å². The molecule has 1 aliphatic heterocycles. The second-order valence-electron chi connectivity index (χ2n) is 8.76. The van der Waals surface area contributed by atoms with Crippen LogP contribution in [0.2, 0.25) is 0 Å². The summed E-state index contributed by atoms with van der Waals surface area (Å²) in [6.45, 7) is 2.43. The van der Waals surface area contributed by atoms with Gasteiger partial charge >= 0.3 is 0 Å². The van der Waals surface area contributed by atoms with E-state index in [9.17, 15) is 14.0 Å². The van der Waals surface area contributed by atoms with E-state index in [-0.39, 0.29) is 18.8 Å². The monoisotopic (exact) mass is 459 g/mol. The minimum atomic E-state index is -1.26. The molecular formula is C24H22FN7O2. The summed E-state index contributed by atoms with van der Waals surface area (Å²) >= 11 is 0.